The molecule has 100 valence electrons. The molecule has 0 aliphatic rings. The van der Waals surface area contributed by atoms with E-state index in [9.17, 15) is 4.39 Å². The summed E-state index contributed by atoms with van der Waals surface area (Å²) < 4.78 is 17.8. The van der Waals surface area contributed by atoms with Crippen molar-refractivity contribution in [2.75, 3.05) is 31.3 Å². The topological polar surface area (TPSA) is 73.1 Å². The Morgan fingerprint density at radius 3 is 2.74 bits per heavy atom. The van der Waals surface area contributed by atoms with E-state index < -0.39 is 0 Å². The third kappa shape index (κ3) is 3.38. The van der Waals surface area contributed by atoms with Crippen LogP contribution < -0.4 is 11.1 Å². The second-order valence-corrected chi connectivity index (χ2v) is 3.92. The highest BCUT2D eigenvalue weighted by Gasteiger charge is 2.06. The zero-order valence-corrected chi connectivity index (χ0v) is 10.6. The van der Waals surface area contributed by atoms with Gasteiger partial charge in [0, 0.05) is 19.2 Å². The van der Waals surface area contributed by atoms with Crippen molar-refractivity contribution < 1.29 is 9.13 Å². The Morgan fingerprint density at radius 2 is 2.05 bits per heavy atom. The molecule has 0 saturated heterocycles. The van der Waals surface area contributed by atoms with E-state index in [2.05, 4.69) is 15.3 Å². The van der Waals surface area contributed by atoms with Crippen LogP contribution in [0.15, 0.2) is 30.5 Å². The number of anilines is 2. The van der Waals surface area contributed by atoms with Gasteiger partial charge in [0.1, 0.15) is 5.82 Å². The molecule has 0 fully saturated rings. The van der Waals surface area contributed by atoms with E-state index in [0.717, 1.165) is 5.56 Å². The fourth-order valence-electron chi connectivity index (χ4n) is 1.56. The molecular weight excluding hydrogens is 247 g/mol. The van der Waals surface area contributed by atoms with Crippen molar-refractivity contribution in [3.8, 4) is 11.3 Å². The van der Waals surface area contributed by atoms with Crippen LogP contribution in [0.1, 0.15) is 0 Å². The Kier molecular flexibility index (Phi) is 4.25. The Morgan fingerprint density at radius 1 is 1.32 bits per heavy atom. The maximum absolute atomic E-state index is 12.9. The van der Waals surface area contributed by atoms with Crippen molar-refractivity contribution in [1.82, 2.24) is 9.97 Å². The molecule has 1 aromatic carbocycles. The molecule has 2 aromatic rings. The number of hydrogen-bond donors (Lipinski definition) is 2. The van der Waals surface area contributed by atoms with Gasteiger partial charge in [-0.25, -0.2) is 14.4 Å². The van der Waals surface area contributed by atoms with Crippen LogP contribution in [0, 0.1) is 5.82 Å². The van der Waals surface area contributed by atoms with E-state index in [0.29, 0.717) is 30.5 Å². The zero-order valence-electron chi connectivity index (χ0n) is 10.6. The van der Waals surface area contributed by atoms with Crippen molar-refractivity contribution in [2.45, 2.75) is 0 Å². The summed E-state index contributed by atoms with van der Waals surface area (Å²) in [5.74, 6) is 0.534. The Balaban J connectivity index is 2.22. The third-order valence-corrected chi connectivity index (χ3v) is 2.54. The van der Waals surface area contributed by atoms with Gasteiger partial charge in [0.25, 0.3) is 0 Å². The number of hydrogen-bond acceptors (Lipinski definition) is 5. The Hall–Kier alpha value is -2.21. The van der Waals surface area contributed by atoms with E-state index in [-0.39, 0.29) is 5.82 Å². The fraction of sp³-hybridized carbons (Fsp3) is 0.231. The fourth-order valence-corrected chi connectivity index (χ4v) is 1.56. The van der Waals surface area contributed by atoms with Crippen molar-refractivity contribution in [2.24, 2.45) is 0 Å². The lowest BCUT2D eigenvalue weighted by atomic mass is 10.1. The second-order valence-electron chi connectivity index (χ2n) is 3.92. The van der Waals surface area contributed by atoms with Crippen LogP contribution >= 0.6 is 0 Å². The summed E-state index contributed by atoms with van der Waals surface area (Å²) in [5, 5.41) is 3.04. The van der Waals surface area contributed by atoms with E-state index >= 15 is 0 Å². The normalized spacial score (nSPS) is 10.4. The van der Waals surface area contributed by atoms with Gasteiger partial charge in [-0.05, 0) is 24.3 Å². The molecule has 1 heterocycles. The lowest BCUT2D eigenvalue weighted by molar-refractivity contribution is 0.210. The van der Waals surface area contributed by atoms with E-state index in [1.807, 2.05) is 0 Å². The van der Waals surface area contributed by atoms with Crippen LogP contribution in [0.5, 0.6) is 0 Å². The molecule has 0 aliphatic heterocycles. The third-order valence-electron chi connectivity index (χ3n) is 2.54. The van der Waals surface area contributed by atoms with Gasteiger partial charge in [0.2, 0.25) is 0 Å². The van der Waals surface area contributed by atoms with Gasteiger partial charge >= 0.3 is 0 Å². The van der Waals surface area contributed by atoms with Gasteiger partial charge in [-0.1, -0.05) is 0 Å². The molecular formula is C13H15FN4O. The van der Waals surface area contributed by atoms with E-state index in [1.54, 1.807) is 25.4 Å². The van der Waals surface area contributed by atoms with Gasteiger partial charge in [0.15, 0.2) is 11.6 Å². The maximum Gasteiger partial charge on any atom is 0.169 e. The Labute approximate surface area is 110 Å². The minimum absolute atomic E-state index is 0.286. The summed E-state index contributed by atoms with van der Waals surface area (Å²) in [6.45, 7) is 1.13. The number of halogens is 1. The maximum atomic E-state index is 12.9. The molecule has 19 heavy (non-hydrogen) atoms. The first-order chi connectivity index (χ1) is 9.20. The van der Waals surface area contributed by atoms with Gasteiger partial charge in [-0.3, -0.25) is 0 Å². The largest absolute Gasteiger partial charge is 0.383 e. The molecule has 0 spiro atoms. The zero-order chi connectivity index (χ0) is 13.7. The monoisotopic (exact) mass is 262 g/mol. The van der Waals surface area contributed by atoms with E-state index in [4.69, 9.17) is 10.5 Å². The summed E-state index contributed by atoms with van der Waals surface area (Å²) in [5.41, 5.74) is 7.15. The van der Waals surface area contributed by atoms with Gasteiger partial charge in [-0.15, -0.1) is 0 Å². The lowest BCUT2D eigenvalue weighted by Crippen LogP contribution is -2.11. The van der Waals surface area contributed by atoms with Crippen molar-refractivity contribution >= 4 is 11.6 Å². The highest BCUT2D eigenvalue weighted by molar-refractivity contribution is 5.65. The van der Waals surface area contributed by atoms with Crippen molar-refractivity contribution in [3.05, 3.63) is 36.3 Å². The number of rotatable bonds is 5. The molecule has 3 N–H and O–H groups in total. The lowest BCUT2D eigenvalue weighted by Gasteiger charge is -2.09. The van der Waals surface area contributed by atoms with Gasteiger partial charge in [-0.2, -0.15) is 0 Å². The molecule has 0 unspecified atom stereocenters. The standard InChI is InChI=1S/C13H15FN4O/c1-19-7-6-16-13-12(15)17-8-11(18-13)9-2-4-10(14)5-3-9/h2-5,8H,6-7H2,1H3,(H2,15,17)(H,16,18). The smallest absolute Gasteiger partial charge is 0.169 e. The van der Waals surface area contributed by atoms with Crippen LogP contribution in [0.2, 0.25) is 0 Å². The number of nitrogen functional groups attached to an aromatic ring is 1. The average molecular weight is 262 g/mol. The minimum Gasteiger partial charge on any atom is -0.383 e. The first-order valence-corrected chi connectivity index (χ1v) is 5.82. The Bertz CT molecular complexity index is 545. The molecule has 0 aliphatic carbocycles. The minimum atomic E-state index is -0.286. The first-order valence-electron chi connectivity index (χ1n) is 5.82. The van der Waals surface area contributed by atoms with Gasteiger partial charge in [0.05, 0.1) is 18.5 Å². The van der Waals surface area contributed by atoms with Crippen molar-refractivity contribution in [1.29, 1.82) is 0 Å². The summed E-state index contributed by atoms with van der Waals surface area (Å²) in [4.78, 5) is 8.44. The highest BCUT2D eigenvalue weighted by atomic mass is 19.1. The molecule has 0 atom stereocenters. The molecule has 0 bridgehead atoms. The van der Waals surface area contributed by atoms with E-state index in [1.165, 1.54) is 12.1 Å². The van der Waals surface area contributed by atoms with Crippen molar-refractivity contribution in [3.63, 3.8) is 0 Å². The number of nitrogens with one attached hydrogen (secondary N) is 1. The van der Waals surface area contributed by atoms with Crippen LogP contribution in [0.25, 0.3) is 11.3 Å². The number of aromatic nitrogens is 2. The summed E-state index contributed by atoms with van der Waals surface area (Å²) in [6.07, 6.45) is 1.56. The first kappa shape index (κ1) is 13.2. The highest BCUT2D eigenvalue weighted by Crippen LogP contribution is 2.21. The number of nitrogens with two attached hydrogens (primary N) is 1. The van der Waals surface area contributed by atoms with Crippen LogP contribution in [0.4, 0.5) is 16.0 Å². The molecule has 5 nitrogen and oxygen atoms in total. The molecule has 0 amide bonds. The number of benzene rings is 1. The van der Waals surface area contributed by atoms with Gasteiger partial charge < -0.3 is 15.8 Å². The molecule has 0 saturated carbocycles. The summed E-state index contributed by atoms with van der Waals surface area (Å²) >= 11 is 0. The summed E-state index contributed by atoms with van der Waals surface area (Å²) in [6, 6.07) is 6.06. The van der Waals surface area contributed by atoms with Crippen LogP contribution in [-0.2, 0) is 4.74 Å². The quantitative estimate of drug-likeness (QED) is 0.805. The number of methoxy groups -OCH3 is 1. The molecule has 2 rings (SSSR count). The number of ether oxygens (including phenoxy) is 1. The second kappa shape index (κ2) is 6.10. The number of nitrogens with zero attached hydrogens (tertiary/aromatic N) is 2. The van der Waals surface area contributed by atoms with Crippen LogP contribution in [-0.4, -0.2) is 30.2 Å². The predicted octanol–water partition coefficient (Wildman–Crippen LogP) is 1.92. The molecule has 0 radical (unpaired) electrons. The molecule has 6 heteroatoms. The average Bonchev–Trinajstić information content (AvgIpc) is 2.42. The van der Waals surface area contributed by atoms with Crippen LogP contribution in [0.3, 0.4) is 0 Å². The molecule has 1 aromatic heterocycles. The SMILES string of the molecule is COCCNc1nc(-c2ccc(F)cc2)cnc1N. The summed E-state index contributed by atoms with van der Waals surface area (Å²) in [7, 11) is 1.62. The predicted molar refractivity (Wildman–Crippen MR) is 72.2 cm³/mol.